The number of rotatable bonds is 5. The molecule has 182 valence electrons. The van der Waals surface area contributed by atoms with Crippen LogP contribution in [0.2, 0.25) is 5.02 Å². The van der Waals surface area contributed by atoms with Gasteiger partial charge in [-0.3, -0.25) is 4.79 Å². The Kier molecular flexibility index (Phi) is 6.01. The van der Waals surface area contributed by atoms with Gasteiger partial charge >= 0.3 is 6.09 Å². The van der Waals surface area contributed by atoms with Crippen molar-refractivity contribution in [2.24, 2.45) is 11.8 Å². The summed E-state index contributed by atoms with van der Waals surface area (Å²) in [6.07, 6.45) is 3.37. The van der Waals surface area contributed by atoms with Crippen molar-refractivity contribution in [2.45, 2.75) is 51.2 Å². The van der Waals surface area contributed by atoms with E-state index in [9.17, 15) is 9.59 Å². The fourth-order valence-electron chi connectivity index (χ4n) is 4.77. The first-order valence-electron chi connectivity index (χ1n) is 11.7. The predicted molar refractivity (Wildman–Crippen MR) is 129 cm³/mol. The lowest BCUT2D eigenvalue weighted by Crippen LogP contribution is -2.57. The molecule has 1 saturated heterocycles. The molecule has 1 aromatic carbocycles. The summed E-state index contributed by atoms with van der Waals surface area (Å²) in [5.74, 6) is 0.896. The molecular weight excluding hydrogens is 470 g/mol. The second kappa shape index (κ2) is 9.00. The van der Waals surface area contributed by atoms with Gasteiger partial charge in [0.15, 0.2) is 5.69 Å². The Morgan fingerprint density at radius 1 is 1.26 bits per heavy atom. The normalized spacial score (nSPS) is 24.3. The van der Waals surface area contributed by atoms with Crippen molar-refractivity contribution >= 4 is 40.7 Å². The maximum atomic E-state index is 12.7. The lowest BCUT2D eigenvalue weighted by atomic mass is 9.74. The number of benzene rings is 1. The smallest absolute Gasteiger partial charge is 0.410 e. The van der Waals surface area contributed by atoms with Crippen molar-refractivity contribution < 1.29 is 19.1 Å². The summed E-state index contributed by atoms with van der Waals surface area (Å²) in [5, 5.41) is 3.60. The van der Waals surface area contributed by atoms with E-state index in [1.807, 2.05) is 13.8 Å². The van der Waals surface area contributed by atoms with Crippen LogP contribution in [0.15, 0.2) is 24.5 Å². The Morgan fingerprint density at radius 3 is 2.60 bits per heavy atom. The number of carbonyl (C=O) groups is 2. The van der Waals surface area contributed by atoms with Crippen LogP contribution < -0.4 is 10.1 Å². The van der Waals surface area contributed by atoms with Gasteiger partial charge in [-0.15, -0.1) is 0 Å². The van der Waals surface area contributed by atoms with Gasteiger partial charge in [0.2, 0.25) is 5.88 Å². The molecule has 35 heavy (non-hydrogen) atoms. The van der Waals surface area contributed by atoms with Crippen molar-refractivity contribution in [3.05, 3.63) is 46.5 Å². The van der Waals surface area contributed by atoms with E-state index in [4.69, 9.17) is 27.6 Å². The van der Waals surface area contributed by atoms with Gasteiger partial charge in [-0.25, -0.2) is 19.6 Å². The Hall–Kier alpha value is -3.38. The van der Waals surface area contributed by atoms with Crippen LogP contribution in [0.25, 0.3) is 4.85 Å². The van der Waals surface area contributed by atoms with E-state index in [1.165, 1.54) is 6.33 Å². The molecule has 1 aromatic heterocycles. The number of anilines is 2. The Morgan fingerprint density at radius 2 is 1.97 bits per heavy atom. The zero-order valence-corrected chi connectivity index (χ0v) is 20.3. The molecule has 2 heterocycles. The highest BCUT2D eigenvalue weighted by Gasteiger charge is 2.48. The number of piperidine rings is 1. The van der Waals surface area contributed by atoms with E-state index in [0.717, 1.165) is 12.8 Å². The molecule has 10 heteroatoms. The monoisotopic (exact) mass is 495 g/mol. The Balaban J connectivity index is 1.32. The summed E-state index contributed by atoms with van der Waals surface area (Å²) in [4.78, 5) is 38.8. The lowest BCUT2D eigenvalue weighted by Gasteiger charge is -2.45. The van der Waals surface area contributed by atoms with Crippen LogP contribution in [0.1, 0.15) is 38.2 Å². The topological polar surface area (TPSA) is 98.0 Å². The first kappa shape index (κ1) is 23.4. The average Bonchev–Trinajstić information content (AvgIpc) is 3.54. The number of carbonyl (C=O) groups excluding carboxylic acids is 2. The van der Waals surface area contributed by atoms with E-state index in [2.05, 4.69) is 20.1 Å². The average molecular weight is 496 g/mol. The molecule has 3 aliphatic rings. The zero-order chi connectivity index (χ0) is 24.7. The van der Waals surface area contributed by atoms with Crippen LogP contribution >= 0.6 is 11.6 Å². The molecule has 9 nitrogen and oxygen atoms in total. The number of hydrogen-bond acceptors (Lipinski definition) is 7. The number of nitrogens with one attached hydrogen (secondary N) is 1. The fourth-order valence-corrected chi connectivity index (χ4v) is 4.99. The summed E-state index contributed by atoms with van der Waals surface area (Å²) >= 11 is 6.31. The summed E-state index contributed by atoms with van der Waals surface area (Å²) in [7, 11) is 0. The molecule has 0 radical (unpaired) electrons. The van der Waals surface area contributed by atoms with Crippen molar-refractivity contribution in [2.75, 3.05) is 18.4 Å². The molecule has 2 atom stereocenters. The molecule has 1 amide bonds. The first-order valence-corrected chi connectivity index (χ1v) is 12.0. The van der Waals surface area contributed by atoms with Crippen LogP contribution in [0.5, 0.6) is 5.88 Å². The molecular formula is C25H26ClN5O4. The maximum absolute atomic E-state index is 12.7. The quantitative estimate of drug-likeness (QED) is 0.577. The minimum atomic E-state index is -0.337. The van der Waals surface area contributed by atoms with Crippen molar-refractivity contribution in [1.29, 1.82) is 0 Å². The molecule has 1 aliphatic heterocycles. The highest BCUT2D eigenvalue weighted by Crippen LogP contribution is 2.41. The lowest BCUT2D eigenvalue weighted by molar-refractivity contribution is -0.131. The number of ether oxygens (including phenoxy) is 2. The van der Waals surface area contributed by atoms with Crippen molar-refractivity contribution in [3.63, 3.8) is 0 Å². The molecule has 2 aliphatic carbocycles. The number of aromatic nitrogens is 2. The van der Waals surface area contributed by atoms with Crippen molar-refractivity contribution in [3.8, 4) is 5.88 Å². The van der Waals surface area contributed by atoms with E-state index >= 15 is 0 Å². The molecule has 0 spiro atoms. The van der Waals surface area contributed by atoms with Gasteiger partial charge in [0.05, 0.1) is 22.8 Å². The summed E-state index contributed by atoms with van der Waals surface area (Å²) in [6.45, 7) is 11.7. The summed E-state index contributed by atoms with van der Waals surface area (Å²) < 4.78 is 12.0. The zero-order valence-electron chi connectivity index (χ0n) is 19.6. The predicted octanol–water partition coefficient (Wildman–Crippen LogP) is 5.08. The van der Waals surface area contributed by atoms with E-state index in [1.54, 1.807) is 23.1 Å². The molecule has 1 N–H and O–H groups in total. The van der Waals surface area contributed by atoms with E-state index in [-0.39, 0.29) is 35.4 Å². The Labute approximate surface area is 208 Å². The van der Waals surface area contributed by atoms with Gasteiger partial charge in [0, 0.05) is 37.8 Å². The fraction of sp³-hybridized carbons (Fsp3) is 0.480. The van der Waals surface area contributed by atoms with Gasteiger partial charge in [-0.05, 0) is 38.8 Å². The molecule has 3 fully saturated rings. The number of likely N-dealkylation sites (tertiary alicyclic amines) is 1. The molecule has 2 saturated carbocycles. The van der Waals surface area contributed by atoms with Gasteiger partial charge in [-0.2, -0.15) is 0 Å². The number of amides is 1. The standard InChI is InChI=1S/C25H26ClN5O4/c1-14-22(30-20-5-4-17(27-3)10-19(20)26)28-13-29-23(14)34-21-15-8-18(32)9-16(21)12-31(11-15)24(33)35-25(2)6-7-25/h4-5,10,13,15-16,21H,6-9,11-12H2,1-2H3,(H,28,29,30). The molecule has 2 unspecified atom stereocenters. The second-order valence-corrected chi connectivity index (χ2v) is 10.2. The van der Waals surface area contributed by atoms with Gasteiger partial charge < -0.3 is 19.7 Å². The largest absolute Gasteiger partial charge is 0.473 e. The number of Topliss-reactive ketones (excluding diaryl/α,β-unsaturated/α-hetero) is 1. The second-order valence-electron chi connectivity index (χ2n) is 9.83. The van der Waals surface area contributed by atoms with Crippen LogP contribution in [-0.4, -0.2) is 51.5 Å². The molecule has 2 aromatic rings. The van der Waals surface area contributed by atoms with E-state index in [0.29, 0.717) is 59.6 Å². The van der Waals surface area contributed by atoms with Crippen LogP contribution in [0, 0.1) is 25.3 Å². The summed E-state index contributed by atoms with van der Waals surface area (Å²) in [5.41, 5.74) is 1.43. The van der Waals surface area contributed by atoms with Gasteiger partial charge in [0.25, 0.3) is 0 Å². The van der Waals surface area contributed by atoms with E-state index < -0.39 is 0 Å². The van der Waals surface area contributed by atoms with Crippen molar-refractivity contribution in [1.82, 2.24) is 14.9 Å². The third-order valence-corrected chi connectivity index (χ3v) is 7.30. The summed E-state index contributed by atoms with van der Waals surface area (Å²) in [6, 6.07) is 4.99. The molecule has 5 rings (SSSR count). The van der Waals surface area contributed by atoms with Crippen LogP contribution in [0.3, 0.4) is 0 Å². The van der Waals surface area contributed by atoms with Crippen LogP contribution in [-0.2, 0) is 9.53 Å². The van der Waals surface area contributed by atoms with Crippen LogP contribution in [0.4, 0.5) is 22.0 Å². The minimum absolute atomic E-state index is 0.129. The number of hydrogen-bond donors (Lipinski definition) is 1. The third kappa shape index (κ3) is 4.89. The number of halogens is 1. The SMILES string of the molecule is [C-]#[N+]c1ccc(Nc2ncnc(OC3C4CC(=O)CC3CN(C(=O)OC3(C)CC3)C4)c2C)c(Cl)c1. The Bertz CT molecular complexity index is 1210. The number of nitrogens with zero attached hydrogens (tertiary/aromatic N) is 4. The highest BCUT2D eigenvalue weighted by molar-refractivity contribution is 6.33. The highest BCUT2D eigenvalue weighted by atomic mass is 35.5. The molecule has 2 bridgehead atoms. The maximum Gasteiger partial charge on any atom is 0.410 e. The third-order valence-electron chi connectivity index (χ3n) is 6.99. The number of fused-ring (bicyclic) bond motifs is 2. The minimum Gasteiger partial charge on any atom is -0.473 e. The van der Waals surface area contributed by atoms with Gasteiger partial charge in [0.1, 0.15) is 29.6 Å². The van der Waals surface area contributed by atoms with Gasteiger partial charge in [-0.1, -0.05) is 17.7 Å². The first-order chi connectivity index (χ1) is 16.7. The number of ketones is 1.